The summed E-state index contributed by atoms with van der Waals surface area (Å²) in [5.41, 5.74) is 2.27. The van der Waals surface area contributed by atoms with Gasteiger partial charge in [-0.3, -0.25) is 9.48 Å². The molecule has 1 aliphatic rings. The summed E-state index contributed by atoms with van der Waals surface area (Å²) in [7, 11) is 0. The van der Waals surface area contributed by atoms with E-state index < -0.39 is 0 Å². The molecular formula is C19H27ClN4O. The van der Waals surface area contributed by atoms with Crippen LogP contribution >= 0.6 is 12.4 Å². The van der Waals surface area contributed by atoms with E-state index in [9.17, 15) is 4.79 Å². The Morgan fingerprint density at radius 1 is 1.20 bits per heavy atom. The Kier molecular flexibility index (Phi) is 6.25. The van der Waals surface area contributed by atoms with Crippen LogP contribution in [0, 0.1) is 0 Å². The van der Waals surface area contributed by atoms with E-state index in [0.29, 0.717) is 13.1 Å². The highest BCUT2D eigenvalue weighted by atomic mass is 35.5. The number of carbonyl (C=O) groups is 1. The third-order valence-electron chi connectivity index (χ3n) is 4.39. The molecule has 5 nitrogen and oxygen atoms in total. The van der Waals surface area contributed by atoms with Crippen LogP contribution in [0.5, 0.6) is 0 Å². The number of likely N-dealkylation sites (tertiary alicyclic amines) is 1. The molecule has 0 spiro atoms. The third kappa shape index (κ3) is 4.83. The van der Waals surface area contributed by atoms with Gasteiger partial charge in [-0.05, 0) is 32.8 Å². The van der Waals surface area contributed by atoms with Crippen molar-refractivity contribution in [2.75, 3.05) is 6.54 Å². The maximum Gasteiger partial charge on any atom is 0.240 e. The average Bonchev–Trinajstić information content (AvgIpc) is 3.15. The van der Waals surface area contributed by atoms with Gasteiger partial charge in [0.2, 0.25) is 5.91 Å². The van der Waals surface area contributed by atoms with Gasteiger partial charge in [-0.2, -0.15) is 5.10 Å². The van der Waals surface area contributed by atoms with Crippen molar-refractivity contribution in [2.24, 2.45) is 0 Å². The van der Waals surface area contributed by atoms with Crippen molar-refractivity contribution in [3.8, 4) is 0 Å². The van der Waals surface area contributed by atoms with Gasteiger partial charge < -0.3 is 10.2 Å². The molecule has 1 fully saturated rings. The molecule has 1 aliphatic heterocycles. The zero-order chi connectivity index (χ0) is 17.2. The van der Waals surface area contributed by atoms with Gasteiger partial charge in [0, 0.05) is 31.4 Å². The minimum Gasteiger partial charge on any atom is -0.337 e. The van der Waals surface area contributed by atoms with Gasteiger partial charge in [0.1, 0.15) is 0 Å². The first-order chi connectivity index (χ1) is 11.4. The summed E-state index contributed by atoms with van der Waals surface area (Å²) in [4.78, 5) is 14.5. The highest BCUT2D eigenvalue weighted by molar-refractivity contribution is 5.85. The van der Waals surface area contributed by atoms with E-state index in [4.69, 9.17) is 0 Å². The zero-order valence-corrected chi connectivity index (χ0v) is 15.9. The SMILES string of the molecule is CC(C)(C)n1cc(CNC2CCN(Cc3ccccc3)C2=O)cn1.Cl. The van der Waals surface area contributed by atoms with Crippen LogP contribution in [0.3, 0.4) is 0 Å². The number of benzene rings is 1. The molecule has 25 heavy (non-hydrogen) atoms. The van der Waals surface area contributed by atoms with E-state index in [1.807, 2.05) is 40.2 Å². The first-order valence-corrected chi connectivity index (χ1v) is 8.53. The zero-order valence-electron chi connectivity index (χ0n) is 15.1. The smallest absolute Gasteiger partial charge is 0.240 e. The predicted molar refractivity (Wildman–Crippen MR) is 102 cm³/mol. The fraction of sp³-hybridized carbons (Fsp3) is 0.474. The van der Waals surface area contributed by atoms with Gasteiger partial charge in [-0.15, -0.1) is 12.4 Å². The number of aromatic nitrogens is 2. The second kappa shape index (κ2) is 8.02. The van der Waals surface area contributed by atoms with Crippen LogP contribution in [0.4, 0.5) is 0 Å². The number of hydrogen-bond donors (Lipinski definition) is 1. The fourth-order valence-corrected chi connectivity index (χ4v) is 2.95. The lowest BCUT2D eigenvalue weighted by Gasteiger charge is -2.19. The topological polar surface area (TPSA) is 50.2 Å². The highest BCUT2D eigenvalue weighted by Gasteiger charge is 2.31. The molecule has 0 radical (unpaired) electrons. The number of nitrogens with zero attached hydrogens (tertiary/aromatic N) is 3. The molecule has 0 aliphatic carbocycles. The maximum absolute atomic E-state index is 12.5. The van der Waals surface area contributed by atoms with Gasteiger partial charge in [0.05, 0.1) is 17.8 Å². The molecule has 1 aromatic heterocycles. The van der Waals surface area contributed by atoms with Crippen LogP contribution in [0.15, 0.2) is 42.7 Å². The van der Waals surface area contributed by atoms with Crippen LogP contribution in [0.1, 0.15) is 38.3 Å². The van der Waals surface area contributed by atoms with Crippen molar-refractivity contribution in [2.45, 2.75) is 51.9 Å². The molecule has 1 atom stereocenters. The number of halogens is 1. The first-order valence-electron chi connectivity index (χ1n) is 8.53. The van der Waals surface area contributed by atoms with Gasteiger partial charge in [-0.25, -0.2) is 0 Å². The Morgan fingerprint density at radius 3 is 2.56 bits per heavy atom. The second-order valence-corrected chi connectivity index (χ2v) is 7.43. The molecule has 6 heteroatoms. The molecule has 0 saturated carbocycles. The Morgan fingerprint density at radius 2 is 1.92 bits per heavy atom. The highest BCUT2D eigenvalue weighted by Crippen LogP contribution is 2.17. The third-order valence-corrected chi connectivity index (χ3v) is 4.39. The molecule has 136 valence electrons. The number of hydrogen-bond acceptors (Lipinski definition) is 3. The van der Waals surface area contributed by atoms with E-state index in [1.165, 1.54) is 5.56 Å². The molecule has 0 bridgehead atoms. The van der Waals surface area contributed by atoms with E-state index in [-0.39, 0.29) is 29.9 Å². The molecule has 2 aromatic rings. The van der Waals surface area contributed by atoms with Gasteiger partial charge >= 0.3 is 0 Å². The van der Waals surface area contributed by atoms with Crippen LogP contribution in [-0.2, 0) is 23.4 Å². The molecule has 1 N–H and O–H groups in total. The van der Waals surface area contributed by atoms with Crippen LogP contribution in [0.25, 0.3) is 0 Å². The summed E-state index contributed by atoms with van der Waals surface area (Å²) in [5.74, 6) is 0.196. The number of amides is 1. The molecule has 2 heterocycles. The Balaban J connectivity index is 0.00000225. The summed E-state index contributed by atoms with van der Waals surface area (Å²) >= 11 is 0. The number of nitrogens with one attached hydrogen (secondary N) is 1. The number of rotatable bonds is 5. The summed E-state index contributed by atoms with van der Waals surface area (Å²) in [6, 6.07) is 10.1. The summed E-state index contributed by atoms with van der Waals surface area (Å²) in [6.45, 7) is 8.55. The monoisotopic (exact) mass is 362 g/mol. The maximum atomic E-state index is 12.5. The Labute approximate surface area is 155 Å². The molecule has 1 saturated heterocycles. The summed E-state index contributed by atoms with van der Waals surface area (Å²) in [6.07, 6.45) is 4.78. The van der Waals surface area contributed by atoms with Crippen molar-refractivity contribution in [1.82, 2.24) is 20.0 Å². The lowest BCUT2D eigenvalue weighted by molar-refractivity contribution is -0.129. The van der Waals surface area contributed by atoms with E-state index in [1.54, 1.807) is 0 Å². The van der Waals surface area contributed by atoms with Crippen molar-refractivity contribution < 1.29 is 4.79 Å². The summed E-state index contributed by atoms with van der Waals surface area (Å²) < 4.78 is 1.96. The van der Waals surface area contributed by atoms with Crippen molar-refractivity contribution in [1.29, 1.82) is 0 Å². The predicted octanol–water partition coefficient (Wildman–Crippen LogP) is 2.95. The van der Waals surface area contributed by atoms with E-state index in [0.717, 1.165) is 18.5 Å². The van der Waals surface area contributed by atoms with E-state index in [2.05, 4.69) is 43.3 Å². The molecule has 1 amide bonds. The van der Waals surface area contributed by atoms with Gasteiger partial charge in [0.15, 0.2) is 0 Å². The molecular weight excluding hydrogens is 336 g/mol. The van der Waals surface area contributed by atoms with Crippen molar-refractivity contribution in [3.63, 3.8) is 0 Å². The first kappa shape index (κ1) is 19.5. The van der Waals surface area contributed by atoms with Crippen molar-refractivity contribution >= 4 is 18.3 Å². The largest absolute Gasteiger partial charge is 0.337 e. The Hall–Kier alpha value is -1.85. The van der Waals surface area contributed by atoms with Crippen LogP contribution < -0.4 is 5.32 Å². The molecule has 1 unspecified atom stereocenters. The van der Waals surface area contributed by atoms with Gasteiger partial charge in [0.25, 0.3) is 0 Å². The second-order valence-electron chi connectivity index (χ2n) is 7.43. The minimum atomic E-state index is -0.0910. The van der Waals surface area contributed by atoms with Crippen molar-refractivity contribution in [3.05, 3.63) is 53.9 Å². The van der Waals surface area contributed by atoms with E-state index >= 15 is 0 Å². The molecule has 3 rings (SSSR count). The van der Waals surface area contributed by atoms with Crippen LogP contribution in [-0.4, -0.2) is 33.2 Å². The van der Waals surface area contributed by atoms with Gasteiger partial charge in [-0.1, -0.05) is 30.3 Å². The number of carbonyl (C=O) groups excluding carboxylic acids is 1. The Bertz CT molecular complexity index is 693. The molecule has 1 aromatic carbocycles. The van der Waals surface area contributed by atoms with Crippen LogP contribution in [0.2, 0.25) is 0 Å². The quantitative estimate of drug-likeness (QED) is 0.889. The summed E-state index contributed by atoms with van der Waals surface area (Å²) in [5, 5.41) is 7.79. The lowest BCUT2D eigenvalue weighted by Crippen LogP contribution is -2.37. The minimum absolute atomic E-state index is 0. The lowest BCUT2D eigenvalue weighted by atomic mass is 10.1. The standard InChI is InChI=1S/C19H26N4O.ClH/c1-19(2,3)23-14-16(12-21-23)11-20-17-9-10-22(18(17)24)13-15-7-5-4-6-8-15;/h4-8,12,14,17,20H,9-11,13H2,1-3H3;1H. The fourth-order valence-electron chi connectivity index (χ4n) is 2.95. The normalized spacial score (nSPS) is 17.6. The average molecular weight is 363 g/mol.